The third-order valence-corrected chi connectivity index (χ3v) is 6.25. The van der Waals surface area contributed by atoms with E-state index < -0.39 is 0 Å². The van der Waals surface area contributed by atoms with Crippen molar-refractivity contribution < 1.29 is 4.79 Å². The summed E-state index contributed by atoms with van der Waals surface area (Å²) >= 11 is 5.02. The van der Waals surface area contributed by atoms with Crippen molar-refractivity contribution in [2.24, 2.45) is 0 Å². The second-order valence-electron chi connectivity index (χ2n) is 7.27. The predicted molar refractivity (Wildman–Crippen MR) is 134 cm³/mol. The van der Waals surface area contributed by atoms with Gasteiger partial charge in [0.25, 0.3) is 5.91 Å². The van der Waals surface area contributed by atoms with Crippen LogP contribution in [0.25, 0.3) is 22.4 Å². The molecule has 2 heterocycles. The molecule has 0 saturated heterocycles. The molecule has 2 aromatic heterocycles. The van der Waals surface area contributed by atoms with E-state index in [-0.39, 0.29) is 5.91 Å². The molecule has 5 rings (SSSR count). The van der Waals surface area contributed by atoms with Crippen LogP contribution in [0.1, 0.15) is 16.1 Å². The van der Waals surface area contributed by atoms with Crippen LogP contribution in [-0.4, -0.2) is 20.9 Å². The molecule has 0 unspecified atom stereocenters. The molecule has 5 aromatic rings. The van der Waals surface area contributed by atoms with Crippen molar-refractivity contribution in [1.29, 1.82) is 0 Å². The van der Waals surface area contributed by atoms with E-state index in [1.165, 1.54) is 0 Å². The highest BCUT2D eigenvalue weighted by Gasteiger charge is 2.09. The number of hydrogen-bond acceptors (Lipinski definition) is 5. The Morgan fingerprint density at radius 3 is 2.44 bits per heavy atom. The number of benzene rings is 3. The number of fused-ring (bicyclic) bond motifs is 1. The smallest absolute Gasteiger partial charge is 0.255 e. The van der Waals surface area contributed by atoms with Gasteiger partial charge in [0.05, 0.1) is 16.7 Å². The number of carbonyl (C=O) groups is 1. The first-order valence-electron chi connectivity index (χ1n) is 9.90. The standard InChI is InChI=1S/C24H18BrN5OS/c1-14-13-32-24(26-14)28-19-9-4-16(5-10-19)23(31)27-18-7-2-15(3-8-18)22-29-20-11-6-17(25)12-21(20)30-22/h2-13H,1H3,(H,26,28)(H,27,31)(H,29,30). The molecule has 0 aliphatic carbocycles. The number of thiazole rings is 1. The molecule has 0 aliphatic rings. The average Bonchev–Trinajstić information content (AvgIpc) is 3.40. The molecular formula is C24H18BrN5OS. The fraction of sp³-hybridized carbons (Fsp3) is 0.0417. The lowest BCUT2D eigenvalue weighted by molar-refractivity contribution is 0.102. The van der Waals surface area contributed by atoms with Crippen LogP contribution in [0.4, 0.5) is 16.5 Å². The van der Waals surface area contributed by atoms with Gasteiger partial charge in [-0.15, -0.1) is 11.3 Å². The lowest BCUT2D eigenvalue weighted by Crippen LogP contribution is -2.11. The van der Waals surface area contributed by atoms with Crippen LogP contribution in [-0.2, 0) is 0 Å². The predicted octanol–water partition coefficient (Wildman–Crippen LogP) is 6.75. The van der Waals surface area contributed by atoms with Crippen LogP contribution >= 0.6 is 27.3 Å². The monoisotopic (exact) mass is 503 g/mol. The van der Waals surface area contributed by atoms with Crippen molar-refractivity contribution in [2.45, 2.75) is 6.92 Å². The van der Waals surface area contributed by atoms with Crippen molar-refractivity contribution in [1.82, 2.24) is 15.0 Å². The number of nitrogens with zero attached hydrogens (tertiary/aromatic N) is 2. The summed E-state index contributed by atoms with van der Waals surface area (Å²) in [6, 6.07) is 20.9. The molecular weight excluding hydrogens is 486 g/mol. The Labute approximate surface area is 196 Å². The quantitative estimate of drug-likeness (QED) is 0.247. The summed E-state index contributed by atoms with van der Waals surface area (Å²) in [7, 11) is 0. The minimum absolute atomic E-state index is 0.164. The van der Waals surface area contributed by atoms with E-state index in [1.54, 1.807) is 23.5 Å². The topological polar surface area (TPSA) is 82.7 Å². The number of aryl methyl sites for hydroxylation is 1. The van der Waals surface area contributed by atoms with E-state index in [4.69, 9.17) is 0 Å². The highest BCUT2D eigenvalue weighted by Crippen LogP contribution is 2.25. The number of halogens is 1. The van der Waals surface area contributed by atoms with Gasteiger partial charge in [-0.05, 0) is 73.7 Å². The number of aromatic amines is 1. The lowest BCUT2D eigenvalue weighted by atomic mass is 10.1. The number of hydrogen-bond donors (Lipinski definition) is 3. The Balaban J connectivity index is 1.26. The van der Waals surface area contributed by atoms with E-state index in [0.29, 0.717) is 5.56 Å². The zero-order valence-corrected chi connectivity index (χ0v) is 19.4. The maximum atomic E-state index is 12.6. The normalized spacial score (nSPS) is 10.9. The van der Waals surface area contributed by atoms with E-state index in [9.17, 15) is 4.79 Å². The van der Waals surface area contributed by atoms with Crippen LogP contribution in [0.5, 0.6) is 0 Å². The molecule has 158 valence electrons. The first-order valence-corrected chi connectivity index (χ1v) is 11.6. The summed E-state index contributed by atoms with van der Waals surface area (Å²) in [6.45, 7) is 1.96. The van der Waals surface area contributed by atoms with Crippen LogP contribution < -0.4 is 10.6 Å². The molecule has 3 N–H and O–H groups in total. The third kappa shape index (κ3) is 4.42. The zero-order valence-electron chi connectivity index (χ0n) is 17.0. The lowest BCUT2D eigenvalue weighted by Gasteiger charge is -2.07. The molecule has 0 fully saturated rings. The Morgan fingerprint density at radius 1 is 0.969 bits per heavy atom. The fourth-order valence-corrected chi connectivity index (χ4v) is 4.34. The minimum Gasteiger partial charge on any atom is -0.338 e. The van der Waals surface area contributed by atoms with Crippen LogP contribution in [0, 0.1) is 6.92 Å². The third-order valence-electron chi connectivity index (χ3n) is 4.88. The van der Waals surface area contributed by atoms with Crippen molar-refractivity contribution in [3.63, 3.8) is 0 Å². The number of imidazole rings is 1. The Morgan fingerprint density at radius 2 is 1.72 bits per heavy atom. The number of rotatable bonds is 5. The summed E-state index contributed by atoms with van der Waals surface area (Å²) in [5.74, 6) is 0.623. The van der Waals surface area contributed by atoms with E-state index in [0.717, 1.165) is 49.1 Å². The molecule has 0 atom stereocenters. The Bertz CT molecular complexity index is 1410. The van der Waals surface area contributed by atoms with Gasteiger partial charge in [-0.2, -0.15) is 0 Å². The molecule has 0 aliphatic heterocycles. The van der Waals surface area contributed by atoms with Crippen LogP contribution in [0.2, 0.25) is 0 Å². The second kappa shape index (κ2) is 8.57. The van der Waals surface area contributed by atoms with Gasteiger partial charge in [0, 0.05) is 32.4 Å². The summed E-state index contributed by atoms with van der Waals surface area (Å²) in [5, 5.41) is 9.00. The second-order valence-corrected chi connectivity index (χ2v) is 9.05. The number of anilines is 3. The molecule has 6 nitrogen and oxygen atoms in total. The van der Waals surface area contributed by atoms with Gasteiger partial charge in [-0.1, -0.05) is 15.9 Å². The number of carbonyl (C=O) groups excluding carboxylic acids is 1. The maximum absolute atomic E-state index is 12.6. The van der Waals surface area contributed by atoms with E-state index in [2.05, 4.69) is 41.5 Å². The number of nitrogens with one attached hydrogen (secondary N) is 3. The van der Waals surface area contributed by atoms with E-state index in [1.807, 2.05) is 66.9 Å². The summed E-state index contributed by atoms with van der Waals surface area (Å²) < 4.78 is 1.00. The molecule has 32 heavy (non-hydrogen) atoms. The van der Waals surface area contributed by atoms with E-state index >= 15 is 0 Å². The molecule has 0 bridgehead atoms. The van der Waals surface area contributed by atoms with Crippen molar-refractivity contribution in [3.05, 3.63) is 87.8 Å². The molecule has 0 spiro atoms. The van der Waals surface area contributed by atoms with Gasteiger partial charge in [0.15, 0.2) is 5.13 Å². The minimum atomic E-state index is -0.164. The van der Waals surface area contributed by atoms with Crippen molar-refractivity contribution >= 4 is 60.7 Å². The molecule has 0 saturated carbocycles. The number of H-pyrrole nitrogens is 1. The fourth-order valence-electron chi connectivity index (χ4n) is 3.27. The number of aromatic nitrogens is 3. The average molecular weight is 504 g/mol. The molecule has 8 heteroatoms. The highest BCUT2D eigenvalue weighted by molar-refractivity contribution is 9.10. The molecule has 0 radical (unpaired) electrons. The number of amides is 1. The van der Waals surface area contributed by atoms with Gasteiger partial charge >= 0.3 is 0 Å². The maximum Gasteiger partial charge on any atom is 0.255 e. The molecule has 1 amide bonds. The largest absolute Gasteiger partial charge is 0.338 e. The van der Waals surface area contributed by atoms with Gasteiger partial charge in [-0.3, -0.25) is 4.79 Å². The first-order chi connectivity index (χ1) is 15.5. The van der Waals surface area contributed by atoms with Gasteiger partial charge < -0.3 is 15.6 Å². The summed E-state index contributed by atoms with van der Waals surface area (Å²) in [4.78, 5) is 25.0. The van der Waals surface area contributed by atoms with Crippen molar-refractivity contribution in [3.8, 4) is 11.4 Å². The van der Waals surface area contributed by atoms with Crippen LogP contribution in [0.15, 0.2) is 76.6 Å². The Hall–Kier alpha value is -3.49. The van der Waals surface area contributed by atoms with Gasteiger partial charge in [0.1, 0.15) is 5.82 Å². The van der Waals surface area contributed by atoms with Gasteiger partial charge in [-0.25, -0.2) is 9.97 Å². The zero-order chi connectivity index (χ0) is 22.1. The summed E-state index contributed by atoms with van der Waals surface area (Å²) in [6.07, 6.45) is 0. The van der Waals surface area contributed by atoms with Crippen molar-refractivity contribution in [2.75, 3.05) is 10.6 Å². The van der Waals surface area contributed by atoms with Gasteiger partial charge in [0.2, 0.25) is 0 Å². The first kappa shape index (κ1) is 20.4. The SMILES string of the molecule is Cc1csc(Nc2ccc(C(=O)Nc3ccc(-c4nc5ccc(Br)cc5[nH]4)cc3)cc2)n1. The molecule has 3 aromatic carbocycles. The van der Waals surface area contributed by atoms with Crippen LogP contribution in [0.3, 0.4) is 0 Å². The summed E-state index contributed by atoms with van der Waals surface area (Å²) in [5.41, 5.74) is 5.99. The Kier molecular flexibility index (Phi) is 5.46. The highest BCUT2D eigenvalue weighted by atomic mass is 79.9.